The summed E-state index contributed by atoms with van der Waals surface area (Å²) in [5.41, 5.74) is 0.449. The van der Waals surface area contributed by atoms with Gasteiger partial charge in [0.15, 0.2) is 6.04 Å². The predicted molar refractivity (Wildman–Crippen MR) is 108 cm³/mol. The lowest BCUT2D eigenvalue weighted by Crippen LogP contribution is -2.51. The average Bonchev–Trinajstić information content (AvgIpc) is 2.68. The lowest BCUT2D eigenvalue weighted by molar-refractivity contribution is -0.153. The highest BCUT2D eigenvalue weighted by Gasteiger charge is 2.41. The molecule has 0 saturated heterocycles. The summed E-state index contributed by atoms with van der Waals surface area (Å²) in [5.74, 6) is -2.14. The minimum Gasteiger partial charge on any atom is -0.480 e. The smallest absolute Gasteiger partial charge is 0.411 e. The second kappa shape index (κ2) is 13.0. The molecule has 28 heavy (non-hydrogen) atoms. The fourth-order valence-electron chi connectivity index (χ4n) is 2.52. The number of esters is 1. The third kappa shape index (κ3) is 7.07. The number of ether oxygens (including phenoxy) is 2. The number of hydrogen-bond donors (Lipinski definition) is 2. The van der Waals surface area contributed by atoms with Crippen LogP contribution in [-0.2, 0) is 19.1 Å². The molecule has 0 fully saturated rings. The SMILES string of the molecule is CCCCOC(=O)[C@H](c1ccccc1)N(C(=O)OCCCC)[C@H](CS)C(=O)O. The van der Waals surface area contributed by atoms with E-state index in [1.165, 1.54) is 0 Å². The van der Waals surface area contributed by atoms with Crippen LogP contribution in [0, 0.1) is 0 Å². The Kier molecular flexibility index (Phi) is 11.1. The number of nitrogens with zero attached hydrogens (tertiary/aromatic N) is 1. The highest BCUT2D eigenvalue weighted by Crippen LogP contribution is 2.27. The molecular weight excluding hydrogens is 382 g/mol. The minimum atomic E-state index is -1.35. The maximum atomic E-state index is 12.8. The van der Waals surface area contributed by atoms with E-state index in [-0.39, 0.29) is 19.0 Å². The van der Waals surface area contributed by atoms with Gasteiger partial charge in [0, 0.05) is 5.75 Å². The van der Waals surface area contributed by atoms with Gasteiger partial charge in [-0.2, -0.15) is 12.6 Å². The van der Waals surface area contributed by atoms with Gasteiger partial charge in [-0.15, -0.1) is 0 Å². The maximum absolute atomic E-state index is 12.8. The first kappa shape index (κ1) is 23.8. The van der Waals surface area contributed by atoms with Crippen LogP contribution in [0.3, 0.4) is 0 Å². The van der Waals surface area contributed by atoms with Gasteiger partial charge in [-0.05, 0) is 18.4 Å². The fraction of sp³-hybridized carbons (Fsp3) is 0.550. The second-order valence-electron chi connectivity index (χ2n) is 6.25. The van der Waals surface area contributed by atoms with Gasteiger partial charge in [0.1, 0.15) is 6.04 Å². The number of carbonyl (C=O) groups is 3. The molecule has 0 aromatic heterocycles. The molecule has 0 heterocycles. The Morgan fingerprint density at radius 1 is 1.04 bits per heavy atom. The van der Waals surface area contributed by atoms with Gasteiger partial charge in [0.25, 0.3) is 0 Å². The van der Waals surface area contributed by atoms with E-state index in [0.29, 0.717) is 18.4 Å². The summed E-state index contributed by atoms with van der Waals surface area (Å²) >= 11 is 4.08. The van der Waals surface area contributed by atoms with E-state index in [2.05, 4.69) is 12.6 Å². The summed E-state index contributed by atoms with van der Waals surface area (Å²) in [4.78, 5) is 38.3. The molecule has 0 aliphatic carbocycles. The van der Waals surface area contributed by atoms with Crippen LogP contribution in [0.2, 0.25) is 0 Å². The molecule has 1 aromatic carbocycles. The first-order valence-electron chi connectivity index (χ1n) is 9.48. The highest BCUT2D eigenvalue weighted by molar-refractivity contribution is 7.80. The van der Waals surface area contributed by atoms with Gasteiger partial charge < -0.3 is 14.6 Å². The molecule has 8 heteroatoms. The average molecular weight is 412 g/mol. The first-order valence-corrected chi connectivity index (χ1v) is 10.1. The first-order chi connectivity index (χ1) is 13.5. The zero-order valence-electron chi connectivity index (χ0n) is 16.4. The summed E-state index contributed by atoms with van der Waals surface area (Å²) < 4.78 is 10.6. The molecule has 0 aliphatic heterocycles. The van der Waals surface area contributed by atoms with E-state index in [0.717, 1.165) is 17.7 Å². The van der Waals surface area contributed by atoms with Crippen molar-refractivity contribution in [3.8, 4) is 0 Å². The highest BCUT2D eigenvalue weighted by atomic mass is 32.1. The summed E-state index contributed by atoms with van der Waals surface area (Å²) in [6.07, 6.45) is 2.07. The summed E-state index contributed by atoms with van der Waals surface area (Å²) in [7, 11) is 0. The van der Waals surface area contributed by atoms with Crippen molar-refractivity contribution >= 4 is 30.7 Å². The number of benzene rings is 1. The van der Waals surface area contributed by atoms with Gasteiger partial charge in [-0.25, -0.2) is 14.4 Å². The van der Waals surface area contributed by atoms with Crippen molar-refractivity contribution in [1.29, 1.82) is 0 Å². The van der Waals surface area contributed by atoms with Crippen molar-refractivity contribution in [2.45, 2.75) is 51.6 Å². The number of thiol groups is 1. The van der Waals surface area contributed by atoms with E-state index < -0.39 is 30.1 Å². The third-order valence-corrected chi connectivity index (χ3v) is 4.43. The Balaban J connectivity index is 3.29. The molecule has 1 aromatic rings. The van der Waals surface area contributed by atoms with E-state index in [4.69, 9.17) is 9.47 Å². The lowest BCUT2D eigenvalue weighted by atomic mass is 10.0. The van der Waals surface area contributed by atoms with Gasteiger partial charge in [-0.1, -0.05) is 57.0 Å². The van der Waals surface area contributed by atoms with Crippen molar-refractivity contribution in [3.05, 3.63) is 35.9 Å². The molecule has 1 rings (SSSR count). The minimum absolute atomic E-state index is 0.136. The normalized spacial score (nSPS) is 12.7. The van der Waals surface area contributed by atoms with Crippen LogP contribution < -0.4 is 0 Å². The van der Waals surface area contributed by atoms with Crippen molar-refractivity contribution < 1.29 is 29.0 Å². The van der Waals surface area contributed by atoms with Crippen LogP contribution in [0.25, 0.3) is 0 Å². The molecule has 0 saturated carbocycles. The van der Waals surface area contributed by atoms with E-state index in [1.54, 1.807) is 30.3 Å². The van der Waals surface area contributed by atoms with Crippen LogP contribution in [0.1, 0.15) is 51.1 Å². The molecular formula is C20H29NO6S. The van der Waals surface area contributed by atoms with Crippen LogP contribution >= 0.6 is 12.6 Å². The predicted octanol–water partition coefficient (Wildman–Crippen LogP) is 3.69. The number of hydrogen-bond acceptors (Lipinski definition) is 6. The van der Waals surface area contributed by atoms with Gasteiger partial charge in [0.2, 0.25) is 0 Å². The third-order valence-electron chi connectivity index (χ3n) is 4.09. The molecule has 156 valence electrons. The van der Waals surface area contributed by atoms with Crippen molar-refractivity contribution in [2.75, 3.05) is 19.0 Å². The zero-order valence-corrected chi connectivity index (χ0v) is 17.3. The van der Waals surface area contributed by atoms with Gasteiger partial charge >= 0.3 is 18.0 Å². The summed E-state index contributed by atoms with van der Waals surface area (Å²) in [6.45, 7) is 4.23. The number of amides is 1. The topological polar surface area (TPSA) is 93.1 Å². The van der Waals surface area contributed by atoms with Crippen molar-refractivity contribution in [1.82, 2.24) is 4.90 Å². The largest absolute Gasteiger partial charge is 0.480 e. The Labute approximate surface area is 171 Å². The quantitative estimate of drug-likeness (QED) is 0.310. The standard InChI is InChI=1S/C20H29NO6S/c1-3-5-12-26-19(24)17(15-10-8-7-9-11-15)21(16(14-28)18(22)23)20(25)27-13-6-4-2/h7-11,16-17,28H,3-6,12-14H2,1-2H3,(H,22,23)/t16-,17+/m1/s1. The van der Waals surface area contributed by atoms with E-state index in [1.807, 2.05) is 13.8 Å². The molecule has 0 radical (unpaired) electrons. The summed E-state index contributed by atoms with van der Waals surface area (Å²) in [6, 6.07) is 5.89. The summed E-state index contributed by atoms with van der Waals surface area (Å²) in [5, 5.41) is 9.61. The van der Waals surface area contributed by atoms with E-state index in [9.17, 15) is 19.5 Å². The second-order valence-corrected chi connectivity index (χ2v) is 6.61. The Hall–Kier alpha value is -2.22. The van der Waals surface area contributed by atoms with Crippen LogP contribution in [0.5, 0.6) is 0 Å². The van der Waals surface area contributed by atoms with E-state index >= 15 is 0 Å². The number of carboxylic acid groups (broad SMARTS) is 1. The zero-order chi connectivity index (χ0) is 20.9. The number of carbonyl (C=O) groups excluding carboxylic acids is 2. The molecule has 7 nitrogen and oxygen atoms in total. The number of carboxylic acids is 1. The number of unbranched alkanes of at least 4 members (excludes halogenated alkanes) is 2. The Morgan fingerprint density at radius 3 is 2.11 bits per heavy atom. The molecule has 1 amide bonds. The molecule has 1 N–H and O–H groups in total. The maximum Gasteiger partial charge on any atom is 0.411 e. The number of aliphatic carboxylic acids is 1. The molecule has 0 unspecified atom stereocenters. The molecule has 0 bridgehead atoms. The molecule has 0 aliphatic rings. The van der Waals surface area contributed by atoms with Crippen LogP contribution in [0.15, 0.2) is 30.3 Å². The van der Waals surface area contributed by atoms with Gasteiger partial charge in [-0.3, -0.25) is 4.90 Å². The van der Waals surface area contributed by atoms with Gasteiger partial charge in [0.05, 0.1) is 13.2 Å². The van der Waals surface area contributed by atoms with Crippen LogP contribution in [0.4, 0.5) is 4.79 Å². The molecule has 2 atom stereocenters. The molecule has 0 spiro atoms. The monoisotopic (exact) mass is 411 g/mol. The van der Waals surface area contributed by atoms with Crippen LogP contribution in [-0.4, -0.2) is 53.0 Å². The fourth-order valence-corrected chi connectivity index (χ4v) is 2.85. The lowest BCUT2D eigenvalue weighted by Gasteiger charge is -2.33. The Morgan fingerprint density at radius 2 is 1.61 bits per heavy atom. The van der Waals surface area contributed by atoms with Crippen molar-refractivity contribution in [2.24, 2.45) is 0 Å². The number of rotatable bonds is 12. The Bertz CT molecular complexity index is 624. The van der Waals surface area contributed by atoms with Crippen molar-refractivity contribution in [3.63, 3.8) is 0 Å².